The summed E-state index contributed by atoms with van der Waals surface area (Å²) in [5, 5.41) is 2.33. The highest BCUT2D eigenvalue weighted by atomic mass is 16.5. The monoisotopic (exact) mass is 752 g/mol. The summed E-state index contributed by atoms with van der Waals surface area (Å²) in [5.74, 6) is 2.42. The highest BCUT2D eigenvalue weighted by Gasteiger charge is 2.30. The summed E-state index contributed by atoms with van der Waals surface area (Å²) in [7, 11) is 0. The quantitative estimate of drug-likeness (QED) is 0.162. The molecular formula is C53H44N4O. The molecule has 0 spiro atoms. The average molecular weight is 753 g/mol. The predicted octanol–water partition coefficient (Wildman–Crippen LogP) is 14.2. The normalized spacial score (nSPS) is 12.7. The van der Waals surface area contributed by atoms with Crippen molar-refractivity contribution in [2.24, 2.45) is 0 Å². The molecule has 7 aromatic carbocycles. The summed E-state index contributed by atoms with van der Waals surface area (Å²) in [6, 6.07) is 62.4. The zero-order valence-electron chi connectivity index (χ0n) is 33.2. The number of benzene rings is 7. The largest absolute Gasteiger partial charge is 0.457 e. The molecule has 0 unspecified atom stereocenters. The second-order valence-corrected chi connectivity index (χ2v) is 16.2. The van der Waals surface area contributed by atoms with Gasteiger partial charge in [0, 0.05) is 45.9 Å². The van der Waals surface area contributed by atoms with Crippen LogP contribution in [0.5, 0.6) is 11.5 Å². The number of ether oxygens (including phenoxy) is 1. The van der Waals surface area contributed by atoms with Gasteiger partial charge >= 0.3 is 0 Å². The van der Waals surface area contributed by atoms with E-state index in [0.717, 1.165) is 56.2 Å². The van der Waals surface area contributed by atoms with Gasteiger partial charge in [0.05, 0.1) is 28.1 Å². The van der Waals surface area contributed by atoms with Crippen LogP contribution in [-0.4, -0.2) is 16.2 Å². The topological polar surface area (TPSA) is 33.5 Å². The highest BCUT2D eigenvalue weighted by Crippen LogP contribution is 2.48. The van der Waals surface area contributed by atoms with Crippen molar-refractivity contribution in [2.75, 3.05) is 16.5 Å². The first-order valence-corrected chi connectivity index (χ1v) is 20.0. The molecule has 1 aliphatic heterocycles. The molecule has 9 aromatic rings. The summed E-state index contributed by atoms with van der Waals surface area (Å²) >= 11 is 0. The van der Waals surface area contributed by atoms with Gasteiger partial charge in [-0.15, -0.1) is 0 Å². The average Bonchev–Trinajstić information content (AvgIpc) is 3.80. The molecule has 0 amide bonds. The van der Waals surface area contributed by atoms with Gasteiger partial charge in [0.1, 0.15) is 24.0 Å². The number of fused-ring (bicyclic) bond motifs is 4. The van der Waals surface area contributed by atoms with Crippen LogP contribution in [0.3, 0.4) is 0 Å². The Morgan fingerprint density at radius 3 is 1.91 bits per heavy atom. The van der Waals surface area contributed by atoms with Crippen LogP contribution in [0.1, 0.15) is 31.9 Å². The molecule has 3 heterocycles. The second-order valence-electron chi connectivity index (χ2n) is 16.2. The number of aryl methyl sites for hydroxylation is 1. The van der Waals surface area contributed by atoms with Crippen LogP contribution in [-0.2, 0) is 5.41 Å². The van der Waals surface area contributed by atoms with E-state index in [1.165, 1.54) is 39.0 Å². The van der Waals surface area contributed by atoms with Crippen LogP contribution in [0, 0.1) is 6.92 Å². The van der Waals surface area contributed by atoms with Gasteiger partial charge in [0.2, 0.25) is 0 Å². The Balaban J connectivity index is 1.01. The predicted molar refractivity (Wildman–Crippen MR) is 241 cm³/mol. The third kappa shape index (κ3) is 6.25. The maximum absolute atomic E-state index is 6.73. The molecule has 0 saturated heterocycles. The van der Waals surface area contributed by atoms with Crippen molar-refractivity contribution < 1.29 is 4.74 Å². The molecule has 0 fully saturated rings. The minimum atomic E-state index is 0.00833. The lowest BCUT2D eigenvalue weighted by Gasteiger charge is -2.27. The van der Waals surface area contributed by atoms with Crippen molar-refractivity contribution in [3.63, 3.8) is 0 Å². The first-order valence-electron chi connectivity index (χ1n) is 20.0. The minimum Gasteiger partial charge on any atom is -0.457 e. The lowest BCUT2D eigenvalue weighted by atomic mass is 9.85. The molecule has 0 radical (unpaired) electrons. The van der Waals surface area contributed by atoms with Crippen LogP contribution < -0.4 is 14.5 Å². The Labute approximate surface area is 340 Å². The second kappa shape index (κ2) is 14.1. The Kier molecular flexibility index (Phi) is 8.60. The summed E-state index contributed by atoms with van der Waals surface area (Å²) in [6.07, 6.45) is 1.99. The van der Waals surface area contributed by atoms with Crippen molar-refractivity contribution in [3.05, 3.63) is 193 Å². The van der Waals surface area contributed by atoms with Gasteiger partial charge < -0.3 is 14.5 Å². The van der Waals surface area contributed by atoms with E-state index in [9.17, 15) is 0 Å². The zero-order chi connectivity index (χ0) is 39.4. The van der Waals surface area contributed by atoms with Gasteiger partial charge in [0.15, 0.2) is 0 Å². The number of aromatic nitrogens is 2. The van der Waals surface area contributed by atoms with E-state index in [0.29, 0.717) is 6.67 Å². The Morgan fingerprint density at radius 2 is 1.17 bits per heavy atom. The molecule has 0 saturated carbocycles. The van der Waals surface area contributed by atoms with Gasteiger partial charge in [-0.2, -0.15) is 0 Å². The Morgan fingerprint density at radius 1 is 0.517 bits per heavy atom. The van der Waals surface area contributed by atoms with Crippen LogP contribution in [0.4, 0.5) is 22.7 Å². The molecule has 0 N–H and O–H groups in total. The maximum Gasteiger partial charge on any atom is 0.137 e. The first-order chi connectivity index (χ1) is 28.3. The molecule has 0 atom stereocenters. The highest BCUT2D eigenvalue weighted by molar-refractivity contribution is 6.09. The third-order valence-electron chi connectivity index (χ3n) is 11.4. The van der Waals surface area contributed by atoms with Crippen molar-refractivity contribution in [1.82, 2.24) is 9.55 Å². The summed E-state index contributed by atoms with van der Waals surface area (Å²) in [4.78, 5) is 9.86. The summed E-state index contributed by atoms with van der Waals surface area (Å²) in [5.41, 5.74) is 14.0. The molecule has 2 aromatic heterocycles. The van der Waals surface area contributed by atoms with Crippen molar-refractivity contribution >= 4 is 44.6 Å². The summed E-state index contributed by atoms with van der Waals surface area (Å²) in [6.45, 7) is 9.66. The first kappa shape index (κ1) is 35.3. The van der Waals surface area contributed by atoms with E-state index in [4.69, 9.17) is 9.72 Å². The number of pyridine rings is 1. The number of hydrogen-bond donors (Lipinski definition) is 0. The van der Waals surface area contributed by atoms with E-state index < -0.39 is 0 Å². The number of rotatable bonds is 7. The van der Waals surface area contributed by atoms with E-state index >= 15 is 0 Å². The number of hydrogen-bond acceptors (Lipinski definition) is 4. The third-order valence-corrected chi connectivity index (χ3v) is 11.4. The fourth-order valence-electron chi connectivity index (χ4n) is 8.42. The summed E-state index contributed by atoms with van der Waals surface area (Å²) < 4.78 is 8.98. The van der Waals surface area contributed by atoms with E-state index in [-0.39, 0.29) is 5.41 Å². The van der Waals surface area contributed by atoms with Gasteiger partial charge in [-0.25, -0.2) is 4.98 Å². The number of anilines is 4. The lowest BCUT2D eigenvalue weighted by molar-refractivity contribution is 0.483. The lowest BCUT2D eigenvalue weighted by Crippen LogP contribution is -2.25. The van der Waals surface area contributed by atoms with Crippen LogP contribution >= 0.6 is 0 Å². The molecular weight excluding hydrogens is 709 g/mol. The Bertz CT molecular complexity index is 2960. The van der Waals surface area contributed by atoms with Crippen LogP contribution in [0.25, 0.3) is 49.9 Å². The van der Waals surface area contributed by atoms with Crippen molar-refractivity contribution in [1.29, 1.82) is 0 Å². The van der Waals surface area contributed by atoms with Gasteiger partial charge in [0.25, 0.3) is 0 Å². The van der Waals surface area contributed by atoms with Crippen LogP contribution in [0.2, 0.25) is 0 Å². The molecule has 10 rings (SSSR count). The van der Waals surface area contributed by atoms with Crippen molar-refractivity contribution in [3.8, 4) is 39.6 Å². The fourth-order valence-corrected chi connectivity index (χ4v) is 8.42. The minimum absolute atomic E-state index is 0.00833. The van der Waals surface area contributed by atoms with Crippen molar-refractivity contribution in [2.45, 2.75) is 33.1 Å². The Hall–Kier alpha value is -7.11. The maximum atomic E-state index is 6.73. The number of nitrogens with zero attached hydrogens (tertiary/aromatic N) is 4. The molecule has 282 valence electrons. The van der Waals surface area contributed by atoms with E-state index in [1.54, 1.807) is 0 Å². The molecule has 0 bridgehead atoms. The molecule has 1 aliphatic rings. The molecule has 58 heavy (non-hydrogen) atoms. The van der Waals surface area contributed by atoms with Gasteiger partial charge in [-0.1, -0.05) is 130 Å². The SMILES string of the molecule is Cc1cc(-n2c3ccccc3c3ccc(Oc4cccc(N5CN(c6cc(C(C)(C)C)ccc6-c6ccccc6)c6ccccc65)c4)cc32)ncc1-c1ccccc1. The fraction of sp³-hybridized carbons (Fsp3) is 0.113. The van der Waals surface area contributed by atoms with E-state index in [1.807, 2.05) is 18.3 Å². The van der Waals surface area contributed by atoms with Gasteiger partial charge in [-0.3, -0.25) is 4.57 Å². The van der Waals surface area contributed by atoms with Gasteiger partial charge in [-0.05, 0) is 89.2 Å². The van der Waals surface area contributed by atoms with Crippen LogP contribution in [0.15, 0.2) is 182 Å². The molecule has 5 nitrogen and oxygen atoms in total. The zero-order valence-corrected chi connectivity index (χ0v) is 33.2. The van der Waals surface area contributed by atoms with E-state index in [2.05, 4.69) is 206 Å². The standard InChI is InChI=1S/C53H44N4O/c1-36-30-52(54-34-46(36)38-18-9-6-10-19-38)57-47-23-12-11-22-44(47)45-29-27-42(33-51(45)57)58-41-21-15-20-40(32-41)55-35-56(49-25-14-13-24-48(49)55)50-31-39(53(2,3)4)26-28-43(50)37-16-7-5-8-17-37/h5-34H,35H2,1-4H3. The molecule has 0 aliphatic carbocycles. The molecule has 5 heteroatoms. The smallest absolute Gasteiger partial charge is 0.137 e. The number of para-hydroxylation sites is 3.